The van der Waals surface area contributed by atoms with Gasteiger partial charge in [0.2, 0.25) is 0 Å². The monoisotopic (exact) mass is 482 g/mol. The summed E-state index contributed by atoms with van der Waals surface area (Å²) in [4.78, 5) is 18.0. The zero-order chi connectivity index (χ0) is 24.2. The van der Waals surface area contributed by atoms with Crippen molar-refractivity contribution in [1.29, 1.82) is 0 Å². The van der Waals surface area contributed by atoms with Crippen molar-refractivity contribution in [3.8, 4) is 16.9 Å². The fourth-order valence-electron chi connectivity index (χ4n) is 7.75. The molecule has 0 radical (unpaired) electrons. The van der Waals surface area contributed by atoms with E-state index in [-0.39, 0.29) is 11.4 Å². The van der Waals surface area contributed by atoms with Crippen LogP contribution in [0.1, 0.15) is 44.1 Å². The Morgan fingerprint density at radius 1 is 1.03 bits per heavy atom. The topological polar surface area (TPSA) is 56.9 Å². The van der Waals surface area contributed by atoms with Gasteiger partial charge in [0.25, 0.3) is 0 Å². The quantitative estimate of drug-likeness (QED) is 0.391. The fourth-order valence-corrected chi connectivity index (χ4v) is 7.75. The summed E-state index contributed by atoms with van der Waals surface area (Å²) >= 11 is 0. The lowest BCUT2D eigenvalue weighted by Crippen LogP contribution is -2.59. The third-order valence-electron chi connectivity index (χ3n) is 9.20. The zero-order valence-corrected chi connectivity index (χ0v) is 20.7. The predicted molar refractivity (Wildman–Crippen MR) is 142 cm³/mol. The van der Waals surface area contributed by atoms with Gasteiger partial charge in [-0.1, -0.05) is 48.4 Å². The van der Waals surface area contributed by atoms with Gasteiger partial charge in [-0.25, -0.2) is 4.79 Å². The van der Waals surface area contributed by atoms with Gasteiger partial charge in [-0.15, -0.1) is 0 Å². The zero-order valence-electron chi connectivity index (χ0n) is 20.7. The molecule has 7 rings (SSSR count). The van der Waals surface area contributed by atoms with Crippen molar-refractivity contribution >= 4 is 11.0 Å². The van der Waals surface area contributed by atoms with Gasteiger partial charge >= 0.3 is 5.63 Å². The molecule has 1 aliphatic carbocycles. The Kier molecular flexibility index (Phi) is 5.51. The molecule has 5 heteroatoms. The van der Waals surface area contributed by atoms with E-state index in [1.807, 2.05) is 36.4 Å². The highest BCUT2D eigenvalue weighted by Gasteiger charge is 2.46. The van der Waals surface area contributed by atoms with Crippen molar-refractivity contribution < 1.29 is 9.52 Å². The third kappa shape index (κ3) is 3.72. The molecule has 2 bridgehead atoms. The lowest BCUT2D eigenvalue weighted by atomic mass is 9.68. The standard InChI is InChI=1S/C31H34N2O3/c34-28-12-11-24-25(20-7-2-1-3-8-20)17-29(35)36-31(24)26(28)19-33-14-6-9-21-15-22-16-23(30(21)33)18-32-13-5-4-10-27(22)32/h1-3,7-8,11-12,15,17,22-23,27,30,34H,4-6,9-10,13-14,16,18-19H2/t22-,23-,27+,30+/m0/s1. The largest absolute Gasteiger partial charge is 0.507 e. The van der Waals surface area contributed by atoms with Crippen LogP contribution in [0.4, 0.5) is 0 Å². The van der Waals surface area contributed by atoms with Crippen molar-refractivity contribution in [1.82, 2.24) is 9.80 Å². The normalized spacial score (nSPS) is 28.4. The summed E-state index contributed by atoms with van der Waals surface area (Å²) in [5.41, 5.74) is 4.32. The Morgan fingerprint density at radius 2 is 1.92 bits per heavy atom. The van der Waals surface area contributed by atoms with E-state index in [1.54, 1.807) is 17.7 Å². The minimum absolute atomic E-state index is 0.209. The molecule has 1 N–H and O–H groups in total. The van der Waals surface area contributed by atoms with E-state index < -0.39 is 0 Å². The average molecular weight is 483 g/mol. The van der Waals surface area contributed by atoms with Gasteiger partial charge in [-0.3, -0.25) is 9.80 Å². The lowest BCUT2D eigenvalue weighted by molar-refractivity contribution is -0.00274. The van der Waals surface area contributed by atoms with Crippen molar-refractivity contribution in [3.63, 3.8) is 0 Å². The number of likely N-dealkylation sites (tertiary alicyclic amines) is 1. The van der Waals surface area contributed by atoms with Crippen LogP contribution in [-0.4, -0.2) is 46.6 Å². The highest BCUT2D eigenvalue weighted by atomic mass is 16.4. The molecule has 4 aliphatic rings. The summed E-state index contributed by atoms with van der Waals surface area (Å²) in [6.45, 7) is 4.03. The molecule has 3 aromatic rings. The summed E-state index contributed by atoms with van der Waals surface area (Å²) < 4.78 is 5.80. The second kappa shape index (κ2) is 8.89. The molecule has 0 unspecified atom stereocenters. The summed E-state index contributed by atoms with van der Waals surface area (Å²) in [5, 5.41) is 11.9. The van der Waals surface area contributed by atoms with Crippen LogP contribution in [-0.2, 0) is 6.54 Å². The Bertz CT molecular complexity index is 1380. The van der Waals surface area contributed by atoms with Gasteiger partial charge < -0.3 is 9.52 Å². The second-order valence-electron chi connectivity index (χ2n) is 11.3. The Hall–Kier alpha value is -2.89. The third-order valence-corrected chi connectivity index (χ3v) is 9.20. The summed E-state index contributed by atoms with van der Waals surface area (Å²) in [6, 6.07) is 16.3. The van der Waals surface area contributed by atoms with Gasteiger partial charge in [0.1, 0.15) is 11.3 Å². The van der Waals surface area contributed by atoms with Crippen molar-refractivity contribution in [2.45, 2.75) is 57.2 Å². The van der Waals surface area contributed by atoms with Gasteiger partial charge in [0, 0.05) is 36.6 Å². The van der Waals surface area contributed by atoms with Gasteiger partial charge in [0.05, 0.1) is 5.56 Å². The van der Waals surface area contributed by atoms with E-state index >= 15 is 0 Å². The molecule has 3 saturated heterocycles. The summed E-state index contributed by atoms with van der Waals surface area (Å²) in [7, 11) is 0. The van der Waals surface area contributed by atoms with Gasteiger partial charge in [-0.05, 0) is 80.3 Å². The molecule has 3 fully saturated rings. The number of hydrogen-bond acceptors (Lipinski definition) is 5. The molecule has 4 heterocycles. The first kappa shape index (κ1) is 22.3. The number of aromatic hydroxyl groups is 1. The van der Waals surface area contributed by atoms with Crippen LogP contribution >= 0.6 is 0 Å². The number of hydrogen-bond donors (Lipinski definition) is 1. The van der Waals surface area contributed by atoms with Crippen molar-refractivity contribution in [2.24, 2.45) is 11.8 Å². The number of nitrogens with zero attached hydrogens (tertiary/aromatic N) is 2. The Balaban J connectivity index is 1.28. The van der Waals surface area contributed by atoms with E-state index in [4.69, 9.17) is 4.42 Å². The second-order valence-corrected chi connectivity index (χ2v) is 11.3. The van der Waals surface area contributed by atoms with Crippen LogP contribution in [0.15, 0.2) is 69.4 Å². The molecule has 2 aromatic carbocycles. The summed E-state index contributed by atoms with van der Waals surface area (Å²) in [5.74, 6) is 1.54. The highest BCUT2D eigenvalue weighted by Crippen LogP contribution is 2.46. The van der Waals surface area contributed by atoms with E-state index in [9.17, 15) is 9.90 Å². The van der Waals surface area contributed by atoms with E-state index in [0.717, 1.165) is 41.1 Å². The minimum Gasteiger partial charge on any atom is -0.507 e. The van der Waals surface area contributed by atoms with Crippen LogP contribution < -0.4 is 5.63 Å². The first-order valence-corrected chi connectivity index (χ1v) is 13.7. The molecular formula is C31H34N2O3. The molecular weight excluding hydrogens is 448 g/mol. The molecule has 3 aliphatic heterocycles. The first-order valence-electron chi connectivity index (χ1n) is 13.7. The van der Waals surface area contributed by atoms with Crippen LogP contribution in [0.5, 0.6) is 5.75 Å². The van der Waals surface area contributed by atoms with Crippen LogP contribution in [0, 0.1) is 11.8 Å². The maximum atomic E-state index is 12.7. The molecule has 36 heavy (non-hydrogen) atoms. The smallest absolute Gasteiger partial charge is 0.336 e. The fraction of sp³-hybridized carbons (Fsp3) is 0.452. The summed E-state index contributed by atoms with van der Waals surface area (Å²) in [6.07, 6.45) is 10.3. The molecule has 0 amide bonds. The molecule has 4 atom stereocenters. The molecule has 5 nitrogen and oxygen atoms in total. The lowest BCUT2D eigenvalue weighted by Gasteiger charge is -2.54. The number of rotatable bonds is 3. The van der Waals surface area contributed by atoms with Gasteiger partial charge in [0.15, 0.2) is 0 Å². The van der Waals surface area contributed by atoms with Crippen LogP contribution in [0.2, 0.25) is 0 Å². The van der Waals surface area contributed by atoms with Crippen LogP contribution in [0.25, 0.3) is 22.1 Å². The number of benzene rings is 2. The first-order chi connectivity index (χ1) is 17.7. The number of piperidine rings is 3. The maximum Gasteiger partial charge on any atom is 0.336 e. The molecule has 186 valence electrons. The number of phenols is 1. The van der Waals surface area contributed by atoms with E-state index in [0.29, 0.717) is 30.0 Å². The molecule has 0 spiro atoms. The predicted octanol–water partition coefficient (Wildman–Crippen LogP) is 5.56. The Morgan fingerprint density at radius 3 is 2.81 bits per heavy atom. The maximum absolute atomic E-state index is 12.7. The van der Waals surface area contributed by atoms with E-state index in [1.165, 1.54) is 45.2 Å². The average Bonchev–Trinajstić information content (AvgIpc) is 2.90. The number of phenolic OH excluding ortho intramolecular Hbond substituents is 1. The van der Waals surface area contributed by atoms with Crippen LogP contribution in [0.3, 0.4) is 0 Å². The van der Waals surface area contributed by atoms with Gasteiger partial charge in [-0.2, -0.15) is 0 Å². The van der Waals surface area contributed by atoms with E-state index in [2.05, 4.69) is 15.9 Å². The van der Waals surface area contributed by atoms with Crippen molar-refractivity contribution in [3.05, 3.63) is 76.2 Å². The Labute approximate surface area is 212 Å². The highest BCUT2D eigenvalue weighted by molar-refractivity contribution is 5.95. The molecule has 0 saturated carbocycles. The van der Waals surface area contributed by atoms with Crippen molar-refractivity contribution in [2.75, 3.05) is 19.6 Å². The SMILES string of the molecule is O=c1cc(-c2ccccc2)c2ccc(O)c(CN3CCCC4=C[C@H]5C[C@@H](CN6CCCC[C@H]56)[C@@H]43)c2o1. The number of fused-ring (bicyclic) bond motifs is 7. The molecule has 1 aromatic heterocycles. The minimum atomic E-state index is -0.378.